The lowest BCUT2D eigenvalue weighted by atomic mass is 9.91. The van der Waals surface area contributed by atoms with E-state index in [0.29, 0.717) is 17.5 Å². The topological polar surface area (TPSA) is 15.3 Å². The molecule has 112 valence electrons. The minimum atomic E-state index is 0.411. The van der Waals surface area contributed by atoms with Gasteiger partial charge in [-0.25, -0.2) is 0 Å². The third kappa shape index (κ3) is 4.32. The summed E-state index contributed by atoms with van der Waals surface area (Å²) in [6.45, 7) is 12.7. The standard InChI is InChI=1S/C18H30N2/c1-5-16-14-20(12-11-18(2,3)4)17(13-19-16)15-9-7-6-8-10-15/h6-10,16-17,19H,5,11-14H2,1-4H3. The Hall–Kier alpha value is -0.860. The summed E-state index contributed by atoms with van der Waals surface area (Å²) in [4.78, 5) is 2.69. The summed E-state index contributed by atoms with van der Waals surface area (Å²) in [6, 6.07) is 12.1. The maximum Gasteiger partial charge on any atom is 0.0473 e. The minimum Gasteiger partial charge on any atom is -0.311 e. The third-order valence-corrected chi connectivity index (χ3v) is 4.32. The van der Waals surface area contributed by atoms with Gasteiger partial charge in [-0.2, -0.15) is 0 Å². The van der Waals surface area contributed by atoms with Crippen LogP contribution in [0.1, 0.15) is 52.1 Å². The SMILES string of the molecule is CCC1CN(CCC(C)(C)C)C(c2ccccc2)CN1. The van der Waals surface area contributed by atoms with Crippen molar-refractivity contribution in [3.63, 3.8) is 0 Å². The maximum absolute atomic E-state index is 3.70. The second kappa shape index (κ2) is 6.73. The first kappa shape index (κ1) is 15.5. The van der Waals surface area contributed by atoms with Crippen LogP contribution in [0, 0.1) is 5.41 Å². The number of rotatable bonds is 4. The lowest BCUT2D eigenvalue weighted by molar-refractivity contribution is 0.113. The van der Waals surface area contributed by atoms with Crippen LogP contribution in [0.4, 0.5) is 0 Å². The summed E-state index contributed by atoms with van der Waals surface area (Å²) >= 11 is 0. The average molecular weight is 274 g/mol. The molecule has 1 aliphatic heterocycles. The van der Waals surface area contributed by atoms with Crippen molar-refractivity contribution in [1.29, 1.82) is 0 Å². The molecule has 2 atom stereocenters. The van der Waals surface area contributed by atoms with Crippen molar-refractivity contribution in [3.8, 4) is 0 Å². The minimum absolute atomic E-state index is 0.411. The molecule has 0 saturated carbocycles. The molecule has 1 aromatic carbocycles. The molecule has 1 aromatic rings. The molecule has 0 aromatic heterocycles. The van der Waals surface area contributed by atoms with E-state index >= 15 is 0 Å². The smallest absolute Gasteiger partial charge is 0.0473 e. The first-order chi connectivity index (χ1) is 9.49. The van der Waals surface area contributed by atoms with Crippen LogP contribution in [0.2, 0.25) is 0 Å². The number of nitrogens with one attached hydrogen (secondary N) is 1. The molecule has 1 N–H and O–H groups in total. The summed E-state index contributed by atoms with van der Waals surface area (Å²) < 4.78 is 0. The van der Waals surface area contributed by atoms with Crippen LogP contribution >= 0.6 is 0 Å². The molecule has 20 heavy (non-hydrogen) atoms. The molecule has 0 radical (unpaired) electrons. The van der Waals surface area contributed by atoms with Gasteiger partial charge < -0.3 is 5.32 Å². The van der Waals surface area contributed by atoms with Crippen molar-refractivity contribution in [1.82, 2.24) is 10.2 Å². The zero-order valence-corrected chi connectivity index (χ0v) is 13.5. The highest BCUT2D eigenvalue weighted by molar-refractivity contribution is 5.20. The molecule has 2 nitrogen and oxygen atoms in total. The Balaban J connectivity index is 2.08. The number of nitrogens with zero attached hydrogens (tertiary/aromatic N) is 1. The van der Waals surface area contributed by atoms with Crippen molar-refractivity contribution in [3.05, 3.63) is 35.9 Å². The summed E-state index contributed by atoms with van der Waals surface area (Å²) in [5.74, 6) is 0. The van der Waals surface area contributed by atoms with Gasteiger partial charge in [0.25, 0.3) is 0 Å². The van der Waals surface area contributed by atoms with Gasteiger partial charge in [-0.1, -0.05) is 58.0 Å². The number of benzene rings is 1. The predicted molar refractivity (Wildman–Crippen MR) is 86.9 cm³/mol. The molecule has 2 unspecified atom stereocenters. The van der Waals surface area contributed by atoms with Crippen molar-refractivity contribution in [2.24, 2.45) is 5.41 Å². The van der Waals surface area contributed by atoms with Gasteiger partial charge in [0.2, 0.25) is 0 Å². The van der Waals surface area contributed by atoms with Crippen LogP contribution < -0.4 is 5.32 Å². The van der Waals surface area contributed by atoms with Gasteiger partial charge in [-0.15, -0.1) is 0 Å². The molecule has 1 fully saturated rings. The van der Waals surface area contributed by atoms with E-state index in [0.717, 1.165) is 6.54 Å². The Labute approximate surface area is 124 Å². The second-order valence-corrected chi connectivity index (χ2v) is 7.25. The largest absolute Gasteiger partial charge is 0.311 e. The Morgan fingerprint density at radius 1 is 1.20 bits per heavy atom. The zero-order valence-electron chi connectivity index (χ0n) is 13.5. The van der Waals surface area contributed by atoms with Gasteiger partial charge >= 0.3 is 0 Å². The van der Waals surface area contributed by atoms with Crippen LogP contribution in [-0.2, 0) is 0 Å². The Morgan fingerprint density at radius 2 is 1.90 bits per heavy atom. The molecular weight excluding hydrogens is 244 g/mol. The fourth-order valence-electron chi connectivity index (χ4n) is 2.89. The normalized spacial score (nSPS) is 24.8. The molecule has 2 heteroatoms. The summed E-state index contributed by atoms with van der Waals surface area (Å²) in [7, 11) is 0. The van der Waals surface area contributed by atoms with Crippen LogP contribution in [0.3, 0.4) is 0 Å². The second-order valence-electron chi connectivity index (χ2n) is 7.25. The Bertz CT molecular complexity index is 394. The van der Waals surface area contributed by atoms with Gasteiger partial charge in [-0.3, -0.25) is 4.90 Å². The van der Waals surface area contributed by atoms with Gasteiger partial charge in [0.15, 0.2) is 0 Å². The van der Waals surface area contributed by atoms with Crippen molar-refractivity contribution in [2.75, 3.05) is 19.6 Å². The van der Waals surface area contributed by atoms with E-state index in [1.165, 1.54) is 31.5 Å². The Morgan fingerprint density at radius 3 is 2.50 bits per heavy atom. The average Bonchev–Trinajstić information content (AvgIpc) is 2.45. The quantitative estimate of drug-likeness (QED) is 0.897. The lowest BCUT2D eigenvalue weighted by Crippen LogP contribution is -2.52. The fraction of sp³-hybridized carbons (Fsp3) is 0.667. The Kier molecular flexibility index (Phi) is 5.22. The van der Waals surface area contributed by atoms with Crippen LogP contribution in [-0.4, -0.2) is 30.6 Å². The van der Waals surface area contributed by atoms with Gasteiger partial charge in [0.05, 0.1) is 0 Å². The predicted octanol–water partition coefficient (Wildman–Crippen LogP) is 3.85. The van der Waals surface area contributed by atoms with E-state index in [4.69, 9.17) is 0 Å². The first-order valence-corrected chi connectivity index (χ1v) is 8.02. The highest BCUT2D eigenvalue weighted by Gasteiger charge is 2.28. The van der Waals surface area contributed by atoms with E-state index in [1.54, 1.807) is 0 Å². The van der Waals surface area contributed by atoms with Crippen LogP contribution in [0.5, 0.6) is 0 Å². The number of hydrogen-bond donors (Lipinski definition) is 1. The van der Waals surface area contributed by atoms with Crippen molar-refractivity contribution in [2.45, 2.75) is 52.6 Å². The summed E-state index contributed by atoms with van der Waals surface area (Å²) in [5, 5.41) is 3.70. The maximum atomic E-state index is 3.70. The van der Waals surface area contributed by atoms with Crippen LogP contribution in [0.15, 0.2) is 30.3 Å². The molecule has 1 heterocycles. The van der Waals surface area contributed by atoms with E-state index < -0.39 is 0 Å². The molecule has 0 bridgehead atoms. The first-order valence-electron chi connectivity index (χ1n) is 8.02. The molecule has 0 amide bonds. The van der Waals surface area contributed by atoms with Gasteiger partial charge in [-0.05, 0) is 30.4 Å². The molecule has 1 saturated heterocycles. The van der Waals surface area contributed by atoms with Crippen molar-refractivity contribution < 1.29 is 0 Å². The van der Waals surface area contributed by atoms with E-state index in [-0.39, 0.29) is 0 Å². The molecule has 0 aliphatic carbocycles. The lowest BCUT2D eigenvalue weighted by Gasteiger charge is -2.41. The van der Waals surface area contributed by atoms with E-state index in [2.05, 4.69) is 68.2 Å². The molecule has 0 spiro atoms. The molecule has 1 aliphatic rings. The highest BCUT2D eigenvalue weighted by Crippen LogP contribution is 2.27. The molecular formula is C18H30N2. The number of hydrogen-bond acceptors (Lipinski definition) is 2. The monoisotopic (exact) mass is 274 g/mol. The summed E-state index contributed by atoms with van der Waals surface area (Å²) in [5.41, 5.74) is 1.86. The van der Waals surface area contributed by atoms with Gasteiger partial charge in [0, 0.05) is 25.2 Å². The van der Waals surface area contributed by atoms with Crippen LogP contribution in [0.25, 0.3) is 0 Å². The van der Waals surface area contributed by atoms with E-state index in [1.807, 2.05) is 0 Å². The van der Waals surface area contributed by atoms with Gasteiger partial charge in [0.1, 0.15) is 0 Å². The fourth-order valence-corrected chi connectivity index (χ4v) is 2.89. The van der Waals surface area contributed by atoms with Crippen molar-refractivity contribution >= 4 is 0 Å². The zero-order chi connectivity index (χ0) is 14.6. The summed E-state index contributed by atoms with van der Waals surface area (Å²) in [6.07, 6.45) is 2.47. The highest BCUT2D eigenvalue weighted by atomic mass is 15.2. The molecule has 2 rings (SSSR count). The number of piperazine rings is 1. The van der Waals surface area contributed by atoms with E-state index in [9.17, 15) is 0 Å². The third-order valence-electron chi connectivity index (χ3n) is 4.32.